The predicted octanol–water partition coefficient (Wildman–Crippen LogP) is 2.75. The summed E-state index contributed by atoms with van der Waals surface area (Å²) >= 11 is 0. The van der Waals surface area contributed by atoms with Crippen LogP contribution in [0, 0.1) is 23.2 Å². The fourth-order valence-electron chi connectivity index (χ4n) is 3.57. The summed E-state index contributed by atoms with van der Waals surface area (Å²) in [6.07, 6.45) is 3.73. The van der Waals surface area contributed by atoms with Crippen LogP contribution in [0.1, 0.15) is 33.1 Å². The molecule has 0 radical (unpaired) electrons. The number of ether oxygens (including phenoxy) is 2. The molecule has 0 amide bonds. The first kappa shape index (κ1) is 13.0. The predicted molar refractivity (Wildman–Crippen MR) is 69.3 cm³/mol. The van der Waals surface area contributed by atoms with Crippen LogP contribution < -0.4 is 0 Å². The van der Waals surface area contributed by atoms with Crippen molar-refractivity contribution < 1.29 is 9.47 Å². The fourth-order valence-corrected chi connectivity index (χ4v) is 3.57. The van der Waals surface area contributed by atoms with Crippen LogP contribution in [-0.2, 0) is 9.47 Å². The zero-order valence-electron chi connectivity index (χ0n) is 11.5. The first-order valence-electron chi connectivity index (χ1n) is 6.63. The van der Waals surface area contributed by atoms with E-state index >= 15 is 0 Å². The summed E-state index contributed by atoms with van der Waals surface area (Å²) in [6, 6.07) is 0. The van der Waals surface area contributed by atoms with Crippen LogP contribution in [0.25, 0.3) is 0 Å². The Morgan fingerprint density at radius 1 is 1.24 bits per heavy atom. The number of rotatable bonds is 5. The smallest absolute Gasteiger partial charge is 0.136 e. The summed E-state index contributed by atoms with van der Waals surface area (Å²) in [7, 11) is 3.49. The molecule has 3 nitrogen and oxygen atoms in total. The van der Waals surface area contributed by atoms with Crippen LogP contribution in [0.3, 0.4) is 0 Å². The van der Waals surface area contributed by atoms with Crippen LogP contribution >= 0.6 is 0 Å². The Hall–Kier alpha value is -0.410. The Bertz CT molecular complexity index is 299. The summed E-state index contributed by atoms with van der Waals surface area (Å²) < 4.78 is 10.3. The van der Waals surface area contributed by atoms with Crippen molar-refractivity contribution >= 4 is 5.71 Å². The number of hydrogen-bond acceptors (Lipinski definition) is 3. The number of nitrogens with zero attached hydrogens (tertiary/aromatic N) is 1. The first-order chi connectivity index (χ1) is 8.11. The van der Waals surface area contributed by atoms with Gasteiger partial charge < -0.3 is 9.47 Å². The van der Waals surface area contributed by atoms with Crippen molar-refractivity contribution in [1.29, 1.82) is 0 Å². The molecule has 0 aromatic rings. The van der Waals surface area contributed by atoms with Gasteiger partial charge in [0.15, 0.2) is 0 Å². The third kappa shape index (κ3) is 2.27. The molecule has 0 aromatic carbocycles. The van der Waals surface area contributed by atoms with E-state index in [1.54, 1.807) is 14.2 Å². The molecular formula is C14H25NO2. The molecule has 0 saturated heterocycles. The highest BCUT2D eigenvalue weighted by atomic mass is 16.5. The molecule has 3 fully saturated rings. The van der Waals surface area contributed by atoms with E-state index in [4.69, 9.17) is 9.47 Å². The van der Waals surface area contributed by atoms with Crippen LogP contribution in [0.2, 0.25) is 0 Å². The highest BCUT2D eigenvalue weighted by Gasteiger charge is 2.55. The lowest BCUT2D eigenvalue weighted by Crippen LogP contribution is -2.56. The van der Waals surface area contributed by atoms with Gasteiger partial charge in [0, 0.05) is 32.5 Å². The molecule has 0 heterocycles. The van der Waals surface area contributed by atoms with E-state index in [9.17, 15) is 0 Å². The Kier molecular flexibility index (Phi) is 3.88. The Balaban J connectivity index is 2.08. The van der Waals surface area contributed by atoms with Gasteiger partial charge in [-0.1, -0.05) is 13.8 Å². The summed E-state index contributed by atoms with van der Waals surface area (Å²) in [5.74, 6) is 2.19. The molecule has 3 aliphatic carbocycles. The maximum atomic E-state index is 5.21. The lowest BCUT2D eigenvalue weighted by atomic mass is 9.45. The van der Waals surface area contributed by atoms with E-state index in [0.717, 1.165) is 18.9 Å². The largest absolute Gasteiger partial charge is 0.385 e. The van der Waals surface area contributed by atoms with Gasteiger partial charge in [-0.05, 0) is 36.5 Å². The van der Waals surface area contributed by atoms with Gasteiger partial charge in [0.25, 0.3) is 0 Å². The minimum atomic E-state index is 0.455. The van der Waals surface area contributed by atoms with E-state index in [0.29, 0.717) is 24.0 Å². The Morgan fingerprint density at radius 3 is 2.59 bits per heavy atom. The molecule has 2 bridgehead atoms. The zero-order chi connectivity index (χ0) is 12.5. The fraction of sp³-hybridized carbons (Fsp3) is 0.929. The highest BCUT2D eigenvalue weighted by molar-refractivity contribution is 5.92. The van der Waals surface area contributed by atoms with Gasteiger partial charge in [-0.3, -0.25) is 4.99 Å². The first-order valence-corrected chi connectivity index (χ1v) is 6.63. The maximum Gasteiger partial charge on any atom is 0.136 e. The summed E-state index contributed by atoms with van der Waals surface area (Å²) in [4.78, 5) is 4.69. The number of aliphatic imine (C=N–C) groups is 1. The van der Waals surface area contributed by atoms with E-state index in [1.165, 1.54) is 18.6 Å². The third-order valence-electron chi connectivity index (χ3n) is 4.86. The van der Waals surface area contributed by atoms with Crippen LogP contribution in [0.4, 0.5) is 0 Å². The SMILES string of the molecule is COCC[C@H]1C[C@H]2C[C@@H](/C1=N/COC)C2(C)C. The summed E-state index contributed by atoms with van der Waals surface area (Å²) in [5, 5.41) is 0. The van der Waals surface area contributed by atoms with Crippen molar-refractivity contribution in [3.63, 3.8) is 0 Å². The van der Waals surface area contributed by atoms with Gasteiger partial charge >= 0.3 is 0 Å². The molecule has 17 heavy (non-hydrogen) atoms. The van der Waals surface area contributed by atoms with Crippen LogP contribution in [0.15, 0.2) is 4.99 Å². The van der Waals surface area contributed by atoms with E-state index in [2.05, 4.69) is 18.8 Å². The van der Waals surface area contributed by atoms with Crippen molar-refractivity contribution in [1.82, 2.24) is 0 Å². The second-order valence-electron chi connectivity index (χ2n) is 6.02. The molecule has 0 aliphatic heterocycles. The molecule has 98 valence electrons. The number of hydrogen-bond donors (Lipinski definition) is 0. The molecule has 0 aromatic heterocycles. The minimum Gasteiger partial charge on any atom is -0.385 e. The normalized spacial score (nSPS) is 36.9. The number of methoxy groups -OCH3 is 2. The average molecular weight is 239 g/mol. The summed E-state index contributed by atoms with van der Waals surface area (Å²) in [6.45, 7) is 6.13. The third-order valence-corrected chi connectivity index (χ3v) is 4.86. The van der Waals surface area contributed by atoms with Crippen molar-refractivity contribution in [2.45, 2.75) is 33.1 Å². The number of fused-ring (bicyclic) bond motifs is 2. The quantitative estimate of drug-likeness (QED) is 0.738. The molecule has 0 spiro atoms. The molecule has 0 unspecified atom stereocenters. The van der Waals surface area contributed by atoms with Gasteiger partial charge in [-0.15, -0.1) is 0 Å². The molecule has 3 aliphatic rings. The molecule has 3 rings (SSSR count). The van der Waals surface area contributed by atoms with Gasteiger partial charge in [0.2, 0.25) is 0 Å². The second kappa shape index (κ2) is 5.07. The van der Waals surface area contributed by atoms with Crippen molar-refractivity contribution in [2.24, 2.45) is 28.2 Å². The summed E-state index contributed by atoms with van der Waals surface area (Å²) in [5.41, 5.74) is 1.85. The lowest BCUT2D eigenvalue weighted by molar-refractivity contribution is -0.0180. The average Bonchev–Trinajstić information content (AvgIpc) is 2.33. The van der Waals surface area contributed by atoms with Gasteiger partial charge in [0.1, 0.15) is 6.73 Å². The molecule has 0 N–H and O–H groups in total. The Morgan fingerprint density at radius 2 is 2.00 bits per heavy atom. The monoisotopic (exact) mass is 239 g/mol. The minimum absolute atomic E-state index is 0.455. The lowest BCUT2D eigenvalue weighted by Gasteiger charge is -2.59. The van der Waals surface area contributed by atoms with E-state index < -0.39 is 0 Å². The zero-order valence-corrected chi connectivity index (χ0v) is 11.5. The van der Waals surface area contributed by atoms with Gasteiger partial charge in [-0.25, -0.2) is 0 Å². The van der Waals surface area contributed by atoms with Crippen LogP contribution in [-0.4, -0.2) is 33.3 Å². The topological polar surface area (TPSA) is 30.8 Å². The van der Waals surface area contributed by atoms with Gasteiger partial charge in [0.05, 0.1) is 0 Å². The maximum absolute atomic E-state index is 5.21. The molecule has 3 atom stereocenters. The van der Waals surface area contributed by atoms with Crippen LogP contribution in [0.5, 0.6) is 0 Å². The van der Waals surface area contributed by atoms with Gasteiger partial charge in [-0.2, -0.15) is 0 Å². The highest BCUT2D eigenvalue weighted by Crippen LogP contribution is 2.59. The Labute approximate surface area is 105 Å². The molecule has 3 heteroatoms. The van der Waals surface area contributed by atoms with E-state index in [-0.39, 0.29) is 0 Å². The molecular weight excluding hydrogens is 214 g/mol. The molecule has 3 saturated carbocycles. The van der Waals surface area contributed by atoms with Crippen molar-refractivity contribution in [3.05, 3.63) is 0 Å². The van der Waals surface area contributed by atoms with Crippen molar-refractivity contribution in [3.8, 4) is 0 Å². The second-order valence-corrected chi connectivity index (χ2v) is 6.02. The van der Waals surface area contributed by atoms with E-state index in [1.807, 2.05) is 0 Å². The van der Waals surface area contributed by atoms with Crippen molar-refractivity contribution in [2.75, 3.05) is 27.6 Å². The standard InChI is InChI=1S/C14H25NO2/c1-14(2)11-7-10(5-6-16-3)13(12(14)8-11)15-9-17-4/h10-12H,5-9H2,1-4H3/b15-13+/t10-,11-,12-/m0/s1.